The van der Waals surface area contributed by atoms with Crippen LogP contribution in [0, 0.1) is 6.92 Å². The number of nitrogens with one attached hydrogen (secondary N) is 2. The molecule has 0 radical (unpaired) electrons. The third-order valence-electron chi connectivity index (χ3n) is 4.94. The summed E-state index contributed by atoms with van der Waals surface area (Å²) in [6.45, 7) is 13.4. The lowest BCUT2D eigenvalue weighted by Crippen LogP contribution is -2.53. The number of hydrogen-bond acceptors (Lipinski definition) is 6. The van der Waals surface area contributed by atoms with Gasteiger partial charge in [-0.2, -0.15) is 0 Å². The average molecular weight is 438 g/mol. The maximum Gasteiger partial charge on any atom is 0.410 e. The van der Waals surface area contributed by atoms with Crippen LogP contribution in [0.3, 0.4) is 0 Å². The summed E-state index contributed by atoms with van der Waals surface area (Å²) in [7, 11) is 1.93. The van der Waals surface area contributed by atoms with Crippen molar-refractivity contribution in [3.05, 3.63) is 11.6 Å². The summed E-state index contributed by atoms with van der Waals surface area (Å²) in [4.78, 5) is 18.9. The third-order valence-corrected chi connectivity index (χ3v) is 4.94. The number of ether oxygens (including phenoxy) is 2. The Morgan fingerprint density at radius 1 is 1.32 bits per heavy atom. The standard InChI is InChI=1S/C21H39N7O3/c1-7-30-13-9-11-22-19(23-14-18-26-25-16(2)27(18)6)24-17-10-8-12-28(15-17)20(29)31-21(3,4)5/h17H,7-15H2,1-6H3,(H2,22,23,24). The normalized spacial score (nSPS) is 17.5. The molecule has 0 aliphatic carbocycles. The molecule has 0 aromatic carbocycles. The monoisotopic (exact) mass is 437 g/mol. The number of aliphatic imine (C=N–C) groups is 1. The van der Waals surface area contributed by atoms with E-state index in [9.17, 15) is 4.79 Å². The summed E-state index contributed by atoms with van der Waals surface area (Å²) >= 11 is 0. The summed E-state index contributed by atoms with van der Waals surface area (Å²) in [6.07, 6.45) is 2.49. The predicted molar refractivity (Wildman–Crippen MR) is 120 cm³/mol. The first-order valence-corrected chi connectivity index (χ1v) is 11.1. The summed E-state index contributed by atoms with van der Waals surface area (Å²) in [6, 6.07) is 0.0978. The number of carbonyl (C=O) groups is 1. The van der Waals surface area contributed by atoms with E-state index in [4.69, 9.17) is 14.5 Å². The molecule has 0 spiro atoms. The van der Waals surface area contributed by atoms with Gasteiger partial charge in [-0.1, -0.05) is 0 Å². The molecule has 2 heterocycles. The molecule has 10 heteroatoms. The highest BCUT2D eigenvalue weighted by Gasteiger charge is 2.28. The topological polar surface area (TPSA) is 106 Å². The van der Waals surface area contributed by atoms with Crippen molar-refractivity contribution in [1.82, 2.24) is 30.3 Å². The minimum Gasteiger partial charge on any atom is -0.444 e. The molecule has 1 unspecified atom stereocenters. The third kappa shape index (κ3) is 8.72. The van der Waals surface area contributed by atoms with Crippen LogP contribution in [0.1, 0.15) is 58.6 Å². The van der Waals surface area contributed by atoms with Crippen molar-refractivity contribution in [2.45, 2.75) is 72.1 Å². The van der Waals surface area contributed by atoms with E-state index in [0.29, 0.717) is 38.8 Å². The molecule has 1 aromatic heterocycles. The number of nitrogens with zero attached hydrogens (tertiary/aromatic N) is 5. The van der Waals surface area contributed by atoms with E-state index in [0.717, 1.165) is 37.5 Å². The molecule has 10 nitrogen and oxygen atoms in total. The van der Waals surface area contributed by atoms with Crippen LogP contribution in [0.4, 0.5) is 4.79 Å². The number of guanidine groups is 1. The van der Waals surface area contributed by atoms with Crippen LogP contribution in [0.2, 0.25) is 0 Å². The lowest BCUT2D eigenvalue weighted by Gasteiger charge is -2.35. The van der Waals surface area contributed by atoms with E-state index >= 15 is 0 Å². The van der Waals surface area contributed by atoms with Crippen molar-refractivity contribution in [1.29, 1.82) is 0 Å². The molecule has 1 aliphatic rings. The molecule has 1 fully saturated rings. The van der Waals surface area contributed by atoms with Crippen molar-refractivity contribution in [2.24, 2.45) is 12.0 Å². The molecule has 1 amide bonds. The highest BCUT2D eigenvalue weighted by atomic mass is 16.6. The van der Waals surface area contributed by atoms with Crippen molar-refractivity contribution >= 4 is 12.1 Å². The van der Waals surface area contributed by atoms with Crippen molar-refractivity contribution in [3.63, 3.8) is 0 Å². The number of hydrogen-bond donors (Lipinski definition) is 2. The van der Waals surface area contributed by atoms with E-state index in [-0.39, 0.29) is 12.1 Å². The summed E-state index contributed by atoms with van der Waals surface area (Å²) < 4.78 is 12.9. The van der Waals surface area contributed by atoms with Crippen molar-refractivity contribution in [2.75, 3.05) is 32.8 Å². The molecule has 0 saturated carbocycles. The Balaban J connectivity index is 1.98. The first kappa shape index (κ1) is 24.9. The molecule has 1 atom stereocenters. The number of carbonyl (C=O) groups excluding carboxylic acids is 1. The molecule has 2 N–H and O–H groups in total. The molecule has 1 aromatic rings. The van der Waals surface area contributed by atoms with E-state index in [1.165, 1.54) is 0 Å². The van der Waals surface area contributed by atoms with Crippen LogP contribution in [-0.4, -0.2) is 76.2 Å². The largest absolute Gasteiger partial charge is 0.444 e. The van der Waals surface area contributed by atoms with Crippen LogP contribution in [0.25, 0.3) is 0 Å². The van der Waals surface area contributed by atoms with Crippen LogP contribution in [-0.2, 0) is 23.1 Å². The number of likely N-dealkylation sites (tertiary alicyclic amines) is 1. The zero-order chi connectivity index (χ0) is 22.9. The molecular formula is C21H39N7O3. The number of amides is 1. The maximum atomic E-state index is 12.5. The lowest BCUT2D eigenvalue weighted by atomic mass is 10.1. The molecule has 2 rings (SSSR count). The van der Waals surface area contributed by atoms with Gasteiger partial charge in [0.25, 0.3) is 0 Å². The van der Waals surface area contributed by atoms with E-state index in [1.54, 1.807) is 4.90 Å². The van der Waals surface area contributed by atoms with Gasteiger partial charge in [-0.05, 0) is 53.9 Å². The van der Waals surface area contributed by atoms with Gasteiger partial charge in [-0.3, -0.25) is 0 Å². The Morgan fingerprint density at radius 2 is 2.10 bits per heavy atom. The highest BCUT2D eigenvalue weighted by Crippen LogP contribution is 2.15. The second kappa shape index (κ2) is 11.9. The van der Waals surface area contributed by atoms with Gasteiger partial charge in [0.2, 0.25) is 0 Å². The highest BCUT2D eigenvalue weighted by molar-refractivity contribution is 5.80. The van der Waals surface area contributed by atoms with Gasteiger partial charge in [0, 0.05) is 45.9 Å². The molecule has 1 saturated heterocycles. The smallest absolute Gasteiger partial charge is 0.410 e. The van der Waals surface area contributed by atoms with Crippen molar-refractivity contribution < 1.29 is 14.3 Å². The lowest BCUT2D eigenvalue weighted by molar-refractivity contribution is 0.0193. The second-order valence-corrected chi connectivity index (χ2v) is 8.77. The van der Waals surface area contributed by atoms with Crippen molar-refractivity contribution in [3.8, 4) is 0 Å². The van der Waals surface area contributed by atoms with Crippen LogP contribution in [0.5, 0.6) is 0 Å². The maximum absolute atomic E-state index is 12.5. The minimum atomic E-state index is -0.500. The number of aryl methyl sites for hydroxylation is 1. The fourth-order valence-corrected chi connectivity index (χ4v) is 3.20. The number of aromatic nitrogens is 3. The number of piperidine rings is 1. The van der Waals surface area contributed by atoms with Gasteiger partial charge in [0.05, 0.1) is 0 Å². The van der Waals surface area contributed by atoms with Gasteiger partial charge < -0.3 is 29.6 Å². The van der Waals surface area contributed by atoms with E-state index in [1.807, 2.05) is 46.2 Å². The molecule has 31 heavy (non-hydrogen) atoms. The van der Waals surface area contributed by atoms with E-state index in [2.05, 4.69) is 20.8 Å². The Morgan fingerprint density at radius 3 is 2.74 bits per heavy atom. The number of rotatable bonds is 8. The van der Waals surface area contributed by atoms with E-state index < -0.39 is 5.60 Å². The first-order chi connectivity index (χ1) is 14.7. The predicted octanol–water partition coefficient (Wildman–Crippen LogP) is 1.98. The Bertz CT molecular complexity index is 727. The quantitative estimate of drug-likeness (QED) is 0.364. The Kier molecular flexibility index (Phi) is 9.54. The molecule has 176 valence electrons. The van der Waals surface area contributed by atoms with Crippen LogP contribution in [0.15, 0.2) is 4.99 Å². The summed E-state index contributed by atoms with van der Waals surface area (Å²) in [5.41, 5.74) is -0.500. The van der Waals surface area contributed by atoms with Crippen LogP contribution >= 0.6 is 0 Å². The SMILES string of the molecule is CCOCCCNC(=NCc1nnc(C)n1C)NC1CCCN(C(=O)OC(C)(C)C)C1. The van der Waals surface area contributed by atoms with Gasteiger partial charge in [-0.15, -0.1) is 10.2 Å². The fourth-order valence-electron chi connectivity index (χ4n) is 3.20. The average Bonchev–Trinajstić information content (AvgIpc) is 3.02. The Hall–Kier alpha value is -2.36. The Labute approximate surface area is 185 Å². The van der Waals surface area contributed by atoms with Gasteiger partial charge >= 0.3 is 6.09 Å². The van der Waals surface area contributed by atoms with Crippen LogP contribution < -0.4 is 10.6 Å². The first-order valence-electron chi connectivity index (χ1n) is 11.1. The zero-order valence-electron chi connectivity index (χ0n) is 19.9. The minimum absolute atomic E-state index is 0.0978. The second-order valence-electron chi connectivity index (χ2n) is 8.77. The van der Waals surface area contributed by atoms with Gasteiger partial charge in [-0.25, -0.2) is 9.79 Å². The summed E-state index contributed by atoms with van der Waals surface area (Å²) in [5.74, 6) is 2.35. The zero-order valence-corrected chi connectivity index (χ0v) is 19.9. The van der Waals surface area contributed by atoms with Gasteiger partial charge in [0.1, 0.15) is 18.0 Å². The summed E-state index contributed by atoms with van der Waals surface area (Å²) in [5, 5.41) is 15.1. The fraction of sp³-hybridized carbons (Fsp3) is 0.810. The molecule has 0 bridgehead atoms. The molecular weight excluding hydrogens is 398 g/mol. The van der Waals surface area contributed by atoms with Gasteiger partial charge in [0.15, 0.2) is 11.8 Å². The molecule has 1 aliphatic heterocycles.